The predicted octanol–water partition coefficient (Wildman–Crippen LogP) is 1.19. The third-order valence-electron chi connectivity index (χ3n) is 2.78. The molecule has 0 bridgehead atoms. The van der Waals surface area contributed by atoms with E-state index in [4.69, 9.17) is 9.47 Å². The lowest BCUT2D eigenvalue weighted by Crippen LogP contribution is -2.39. The summed E-state index contributed by atoms with van der Waals surface area (Å²) in [6.45, 7) is 0.541. The molecule has 0 aromatic heterocycles. The van der Waals surface area contributed by atoms with Gasteiger partial charge in [0.2, 0.25) is 0 Å². The molecule has 94 valence electrons. The highest BCUT2D eigenvalue weighted by Crippen LogP contribution is 2.26. The first-order chi connectivity index (χ1) is 8.33. The number of para-hydroxylation sites is 2. The summed E-state index contributed by atoms with van der Waals surface area (Å²) in [7, 11) is 1.62. The van der Waals surface area contributed by atoms with Crippen LogP contribution in [0.4, 0.5) is 0 Å². The van der Waals surface area contributed by atoms with Gasteiger partial charge >= 0.3 is 0 Å². The third kappa shape index (κ3) is 3.61. The van der Waals surface area contributed by atoms with Gasteiger partial charge in [0, 0.05) is 6.04 Å². The maximum absolute atomic E-state index is 9.23. The molecule has 1 fully saturated rings. The molecule has 4 nitrogen and oxygen atoms in total. The van der Waals surface area contributed by atoms with Crippen molar-refractivity contribution in [3.63, 3.8) is 0 Å². The SMILES string of the molecule is COc1ccccc1OCC(CO)NC1CC1. The Morgan fingerprint density at radius 2 is 2.06 bits per heavy atom. The number of rotatable bonds is 7. The van der Waals surface area contributed by atoms with Crippen LogP contribution in [0.2, 0.25) is 0 Å². The van der Waals surface area contributed by atoms with Crippen molar-refractivity contribution >= 4 is 0 Å². The van der Waals surface area contributed by atoms with Gasteiger partial charge in [0.1, 0.15) is 6.61 Å². The first-order valence-electron chi connectivity index (χ1n) is 5.96. The Bertz CT molecular complexity index is 352. The molecule has 0 spiro atoms. The van der Waals surface area contributed by atoms with Gasteiger partial charge < -0.3 is 19.9 Å². The van der Waals surface area contributed by atoms with Gasteiger partial charge in [-0.15, -0.1) is 0 Å². The molecule has 4 heteroatoms. The quantitative estimate of drug-likeness (QED) is 0.748. The van der Waals surface area contributed by atoms with E-state index in [9.17, 15) is 5.11 Å². The molecule has 1 aliphatic rings. The van der Waals surface area contributed by atoms with Gasteiger partial charge in [-0.1, -0.05) is 12.1 Å². The van der Waals surface area contributed by atoms with Crippen molar-refractivity contribution in [2.45, 2.75) is 24.9 Å². The molecule has 2 N–H and O–H groups in total. The van der Waals surface area contributed by atoms with Crippen molar-refractivity contribution in [3.8, 4) is 11.5 Å². The average Bonchev–Trinajstić information content (AvgIpc) is 3.18. The molecule has 1 aromatic rings. The Kier molecular flexibility index (Phi) is 4.23. The fourth-order valence-corrected chi connectivity index (χ4v) is 1.67. The van der Waals surface area contributed by atoms with Crippen LogP contribution in [-0.2, 0) is 0 Å². The van der Waals surface area contributed by atoms with Crippen LogP contribution in [0.5, 0.6) is 11.5 Å². The number of aliphatic hydroxyl groups is 1. The lowest BCUT2D eigenvalue weighted by molar-refractivity contribution is 0.178. The molecule has 0 radical (unpaired) electrons. The fraction of sp³-hybridized carbons (Fsp3) is 0.538. The molecule has 1 aliphatic carbocycles. The zero-order valence-corrected chi connectivity index (χ0v) is 10.1. The standard InChI is InChI=1S/C13H19NO3/c1-16-12-4-2-3-5-13(12)17-9-11(8-15)14-10-6-7-10/h2-5,10-11,14-15H,6-9H2,1H3. The van der Waals surface area contributed by atoms with E-state index in [-0.39, 0.29) is 12.6 Å². The number of nitrogens with one attached hydrogen (secondary N) is 1. The van der Waals surface area contributed by atoms with Gasteiger partial charge in [-0.05, 0) is 25.0 Å². The predicted molar refractivity (Wildman–Crippen MR) is 65.5 cm³/mol. The van der Waals surface area contributed by atoms with E-state index in [1.54, 1.807) is 7.11 Å². The molecule has 1 saturated carbocycles. The molecule has 2 rings (SSSR count). The maximum Gasteiger partial charge on any atom is 0.161 e. The Hall–Kier alpha value is -1.26. The first-order valence-corrected chi connectivity index (χ1v) is 5.96. The van der Waals surface area contributed by atoms with E-state index < -0.39 is 0 Å². The highest BCUT2D eigenvalue weighted by Gasteiger charge is 2.24. The third-order valence-corrected chi connectivity index (χ3v) is 2.78. The summed E-state index contributed by atoms with van der Waals surface area (Å²) in [6.07, 6.45) is 2.40. The summed E-state index contributed by atoms with van der Waals surface area (Å²) in [6, 6.07) is 8.08. The number of hydrogen-bond donors (Lipinski definition) is 2. The van der Waals surface area contributed by atoms with E-state index >= 15 is 0 Å². The van der Waals surface area contributed by atoms with Crippen LogP contribution in [0, 0.1) is 0 Å². The topological polar surface area (TPSA) is 50.7 Å². The van der Waals surface area contributed by atoms with Crippen molar-refractivity contribution in [2.75, 3.05) is 20.3 Å². The Morgan fingerprint density at radius 1 is 1.35 bits per heavy atom. The number of ether oxygens (including phenoxy) is 2. The van der Waals surface area contributed by atoms with E-state index in [1.165, 1.54) is 12.8 Å². The van der Waals surface area contributed by atoms with Crippen molar-refractivity contribution in [1.82, 2.24) is 5.32 Å². The minimum atomic E-state index is -0.00703. The van der Waals surface area contributed by atoms with Gasteiger partial charge in [0.15, 0.2) is 11.5 Å². The van der Waals surface area contributed by atoms with Gasteiger partial charge in [-0.2, -0.15) is 0 Å². The molecular formula is C13H19NO3. The number of benzene rings is 1. The molecule has 0 amide bonds. The molecule has 17 heavy (non-hydrogen) atoms. The van der Waals surface area contributed by atoms with Gasteiger partial charge in [-0.3, -0.25) is 0 Å². The largest absolute Gasteiger partial charge is 0.493 e. The number of aliphatic hydroxyl groups excluding tert-OH is 1. The van der Waals surface area contributed by atoms with Crippen LogP contribution in [0.1, 0.15) is 12.8 Å². The number of hydrogen-bond acceptors (Lipinski definition) is 4. The molecule has 0 saturated heterocycles. The van der Waals surface area contributed by atoms with Crippen LogP contribution in [0.15, 0.2) is 24.3 Å². The Balaban J connectivity index is 1.86. The van der Waals surface area contributed by atoms with E-state index in [0.29, 0.717) is 18.4 Å². The summed E-state index contributed by atoms with van der Waals surface area (Å²) in [5.41, 5.74) is 0. The number of methoxy groups -OCH3 is 1. The normalized spacial score (nSPS) is 16.6. The Labute approximate surface area is 102 Å². The second kappa shape index (κ2) is 5.89. The minimum absolute atomic E-state index is 0.00703. The maximum atomic E-state index is 9.23. The second-order valence-corrected chi connectivity index (χ2v) is 4.28. The fourth-order valence-electron chi connectivity index (χ4n) is 1.67. The summed E-state index contributed by atoms with van der Waals surface area (Å²) in [5.74, 6) is 1.43. The minimum Gasteiger partial charge on any atom is -0.493 e. The lowest BCUT2D eigenvalue weighted by Gasteiger charge is -2.17. The molecule has 0 aliphatic heterocycles. The lowest BCUT2D eigenvalue weighted by atomic mass is 10.3. The zero-order valence-electron chi connectivity index (χ0n) is 10.1. The molecule has 1 atom stereocenters. The second-order valence-electron chi connectivity index (χ2n) is 4.28. The van der Waals surface area contributed by atoms with E-state index in [2.05, 4.69) is 5.32 Å². The van der Waals surface area contributed by atoms with Crippen LogP contribution in [0.25, 0.3) is 0 Å². The van der Waals surface area contributed by atoms with Crippen molar-refractivity contribution in [3.05, 3.63) is 24.3 Å². The van der Waals surface area contributed by atoms with Crippen LogP contribution < -0.4 is 14.8 Å². The van der Waals surface area contributed by atoms with Crippen LogP contribution in [0.3, 0.4) is 0 Å². The molecule has 1 unspecified atom stereocenters. The summed E-state index contributed by atoms with van der Waals surface area (Å²) < 4.78 is 10.9. The van der Waals surface area contributed by atoms with E-state index in [1.807, 2.05) is 24.3 Å². The molecular weight excluding hydrogens is 218 g/mol. The van der Waals surface area contributed by atoms with Crippen LogP contribution in [-0.4, -0.2) is 37.5 Å². The summed E-state index contributed by atoms with van der Waals surface area (Å²) in [4.78, 5) is 0. The highest BCUT2D eigenvalue weighted by molar-refractivity contribution is 5.39. The van der Waals surface area contributed by atoms with Crippen molar-refractivity contribution in [2.24, 2.45) is 0 Å². The first kappa shape index (κ1) is 12.2. The Morgan fingerprint density at radius 3 is 2.65 bits per heavy atom. The average molecular weight is 237 g/mol. The van der Waals surface area contributed by atoms with E-state index in [0.717, 1.165) is 5.75 Å². The van der Waals surface area contributed by atoms with Gasteiger partial charge in [0.05, 0.1) is 19.8 Å². The van der Waals surface area contributed by atoms with Crippen molar-refractivity contribution in [1.29, 1.82) is 0 Å². The summed E-state index contributed by atoms with van der Waals surface area (Å²) >= 11 is 0. The van der Waals surface area contributed by atoms with Gasteiger partial charge in [-0.25, -0.2) is 0 Å². The molecule has 1 aromatic carbocycles. The smallest absolute Gasteiger partial charge is 0.161 e. The van der Waals surface area contributed by atoms with Crippen molar-refractivity contribution < 1.29 is 14.6 Å². The summed E-state index contributed by atoms with van der Waals surface area (Å²) in [5, 5.41) is 12.6. The van der Waals surface area contributed by atoms with Gasteiger partial charge in [0.25, 0.3) is 0 Å². The monoisotopic (exact) mass is 237 g/mol. The zero-order chi connectivity index (χ0) is 12.1. The highest BCUT2D eigenvalue weighted by atomic mass is 16.5. The molecule has 0 heterocycles. The van der Waals surface area contributed by atoms with Crippen LogP contribution >= 0.6 is 0 Å².